The van der Waals surface area contributed by atoms with Crippen LogP contribution < -0.4 is 14.8 Å². The van der Waals surface area contributed by atoms with E-state index in [0.29, 0.717) is 5.56 Å². The fraction of sp³-hybridized carbons (Fsp3) is 0.636. The van der Waals surface area contributed by atoms with Gasteiger partial charge in [-0.25, -0.2) is 4.98 Å². The molecule has 2 rings (SSSR count). The van der Waals surface area contributed by atoms with Gasteiger partial charge >= 0.3 is 6.01 Å². The first-order chi connectivity index (χ1) is 9.12. The second-order valence-corrected chi connectivity index (χ2v) is 4.24. The summed E-state index contributed by atoms with van der Waals surface area (Å²) in [7, 11) is 2.87. The lowest BCUT2D eigenvalue weighted by Gasteiger charge is -2.18. The van der Waals surface area contributed by atoms with Crippen molar-refractivity contribution in [2.75, 3.05) is 20.8 Å². The van der Waals surface area contributed by atoms with Gasteiger partial charge in [0.1, 0.15) is 6.10 Å². The van der Waals surface area contributed by atoms with Crippen molar-refractivity contribution >= 4 is 0 Å². The third-order valence-electron chi connectivity index (χ3n) is 3.16. The van der Waals surface area contributed by atoms with Crippen LogP contribution in [0.15, 0.2) is 6.20 Å². The minimum atomic E-state index is -1.08. The third kappa shape index (κ3) is 2.47. The summed E-state index contributed by atoms with van der Waals surface area (Å²) in [5, 5.41) is 31.8. The summed E-state index contributed by atoms with van der Waals surface area (Å²) < 4.78 is 10.0. The predicted octanol–water partition coefficient (Wildman–Crippen LogP) is -1.78. The average molecular weight is 271 g/mol. The zero-order valence-electron chi connectivity index (χ0n) is 10.6. The number of hydrogen-bond donors (Lipinski definition) is 4. The fourth-order valence-corrected chi connectivity index (χ4v) is 2.13. The van der Waals surface area contributed by atoms with Gasteiger partial charge in [0, 0.05) is 6.20 Å². The van der Waals surface area contributed by atoms with E-state index in [9.17, 15) is 10.2 Å². The Kier molecular flexibility index (Phi) is 4.15. The van der Waals surface area contributed by atoms with Crippen molar-refractivity contribution in [1.82, 2.24) is 15.3 Å². The van der Waals surface area contributed by atoms with Crippen LogP contribution in [0.25, 0.3) is 0 Å². The Morgan fingerprint density at radius 1 is 1.26 bits per heavy atom. The molecule has 2 heterocycles. The minimum Gasteiger partial charge on any atom is -0.481 e. The first-order valence-corrected chi connectivity index (χ1v) is 5.80. The lowest BCUT2D eigenvalue weighted by molar-refractivity contribution is 0.0191. The highest BCUT2D eigenvalue weighted by molar-refractivity contribution is 5.31. The van der Waals surface area contributed by atoms with Crippen LogP contribution in [0.2, 0.25) is 0 Å². The van der Waals surface area contributed by atoms with Crippen LogP contribution in [0.3, 0.4) is 0 Å². The molecule has 0 saturated carbocycles. The highest BCUT2D eigenvalue weighted by Crippen LogP contribution is 2.32. The highest BCUT2D eigenvalue weighted by Gasteiger charge is 2.42. The fourth-order valence-electron chi connectivity index (χ4n) is 2.13. The van der Waals surface area contributed by atoms with Gasteiger partial charge in [0.05, 0.1) is 44.6 Å². The number of aliphatic hydroxyl groups excluding tert-OH is 3. The summed E-state index contributed by atoms with van der Waals surface area (Å²) in [5.41, 5.74) is 0.491. The van der Waals surface area contributed by atoms with Crippen molar-refractivity contribution in [3.05, 3.63) is 11.8 Å². The number of aromatic nitrogens is 2. The molecule has 106 valence electrons. The van der Waals surface area contributed by atoms with E-state index in [4.69, 9.17) is 14.6 Å². The van der Waals surface area contributed by atoms with E-state index in [1.807, 2.05) is 0 Å². The van der Waals surface area contributed by atoms with Gasteiger partial charge in [-0.2, -0.15) is 4.98 Å². The number of methoxy groups -OCH3 is 2. The quantitative estimate of drug-likeness (QED) is 0.508. The van der Waals surface area contributed by atoms with Gasteiger partial charge in [-0.1, -0.05) is 0 Å². The minimum absolute atomic E-state index is 0.146. The highest BCUT2D eigenvalue weighted by atomic mass is 16.5. The molecule has 19 heavy (non-hydrogen) atoms. The Labute approximate surface area is 110 Å². The van der Waals surface area contributed by atoms with Crippen LogP contribution >= 0.6 is 0 Å². The number of rotatable bonds is 4. The third-order valence-corrected chi connectivity index (χ3v) is 3.16. The second-order valence-electron chi connectivity index (χ2n) is 4.24. The summed E-state index contributed by atoms with van der Waals surface area (Å²) in [6, 6.07) is -1.08. The predicted molar refractivity (Wildman–Crippen MR) is 63.9 cm³/mol. The van der Waals surface area contributed by atoms with Crippen molar-refractivity contribution < 1.29 is 24.8 Å². The lowest BCUT2D eigenvalue weighted by Crippen LogP contribution is -2.35. The molecule has 1 aliphatic rings. The van der Waals surface area contributed by atoms with Crippen LogP contribution in [-0.2, 0) is 0 Å². The smallest absolute Gasteiger partial charge is 0.319 e. The van der Waals surface area contributed by atoms with Crippen LogP contribution in [0.5, 0.6) is 11.9 Å². The zero-order chi connectivity index (χ0) is 14.0. The number of hydrogen-bond acceptors (Lipinski definition) is 8. The van der Waals surface area contributed by atoms with Crippen molar-refractivity contribution in [2.45, 2.75) is 24.3 Å². The molecule has 0 spiro atoms. The number of ether oxygens (including phenoxy) is 2. The molecule has 0 amide bonds. The summed E-state index contributed by atoms with van der Waals surface area (Å²) in [5.74, 6) is 0.245. The van der Waals surface area contributed by atoms with Crippen LogP contribution in [0, 0.1) is 0 Å². The summed E-state index contributed by atoms with van der Waals surface area (Å²) in [6.07, 6.45) is -0.692. The molecule has 8 nitrogen and oxygen atoms in total. The Bertz CT molecular complexity index is 444. The van der Waals surface area contributed by atoms with Crippen molar-refractivity contribution in [2.24, 2.45) is 0 Å². The molecule has 4 N–H and O–H groups in total. The first-order valence-electron chi connectivity index (χ1n) is 5.80. The molecule has 4 atom stereocenters. The Morgan fingerprint density at radius 2 is 2.00 bits per heavy atom. The van der Waals surface area contributed by atoms with Gasteiger partial charge in [-0.3, -0.25) is 5.32 Å². The lowest BCUT2D eigenvalue weighted by atomic mass is 10.0. The Balaban J connectivity index is 2.31. The van der Waals surface area contributed by atoms with Crippen LogP contribution in [0.4, 0.5) is 0 Å². The maximum absolute atomic E-state index is 9.99. The summed E-state index contributed by atoms with van der Waals surface area (Å²) in [6.45, 7) is -0.284. The van der Waals surface area contributed by atoms with Crippen molar-refractivity contribution in [3.63, 3.8) is 0 Å². The molecule has 8 heteroatoms. The van der Waals surface area contributed by atoms with Gasteiger partial charge in [-0.05, 0) is 0 Å². The first kappa shape index (κ1) is 13.9. The molecule has 0 unspecified atom stereocenters. The topological polar surface area (TPSA) is 117 Å². The number of nitrogens with one attached hydrogen (secondary N) is 1. The van der Waals surface area contributed by atoms with Crippen LogP contribution in [-0.4, -0.2) is 64.4 Å². The molecule has 1 aliphatic heterocycles. The summed E-state index contributed by atoms with van der Waals surface area (Å²) in [4.78, 5) is 7.97. The standard InChI is InChI=1S/C11H17N3O5/c1-18-10-5(3-12-11(14-10)19-2)7-9(17)8(16)6(4-15)13-7/h3,6-9,13,15-17H,4H2,1-2H3/t6-,7+,8-,9+/m1/s1. The van der Waals surface area contributed by atoms with E-state index < -0.39 is 24.3 Å². The molecule has 1 saturated heterocycles. The summed E-state index contributed by atoms with van der Waals surface area (Å²) >= 11 is 0. The normalized spacial score (nSPS) is 30.4. The molecule has 0 radical (unpaired) electrons. The molecular formula is C11H17N3O5. The molecule has 1 aromatic rings. The van der Waals surface area contributed by atoms with E-state index >= 15 is 0 Å². The molecule has 0 bridgehead atoms. The zero-order valence-corrected chi connectivity index (χ0v) is 10.6. The van der Waals surface area contributed by atoms with Crippen LogP contribution in [0.1, 0.15) is 11.6 Å². The number of aliphatic hydroxyl groups is 3. The van der Waals surface area contributed by atoms with Gasteiger partial charge in [0.2, 0.25) is 5.88 Å². The largest absolute Gasteiger partial charge is 0.481 e. The molecule has 1 fully saturated rings. The second kappa shape index (κ2) is 5.66. The van der Waals surface area contributed by atoms with Gasteiger partial charge in [0.25, 0.3) is 0 Å². The maximum atomic E-state index is 9.99. The van der Waals surface area contributed by atoms with E-state index in [1.165, 1.54) is 20.4 Å². The van der Waals surface area contributed by atoms with Gasteiger partial charge in [-0.15, -0.1) is 0 Å². The van der Waals surface area contributed by atoms with E-state index in [1.54, 1.807) is 0 Å². The molecular weight excluding hydrogens is 254 g/mol. The Morgan fingerprint density at radius 3 is 2.53 bits per heavy atom. The Hall–Kier alpha value is -1.48. The van der Waals surface area contributed by atoms with E-state index in [-0.39, 0.29) is 18.5 Å². The van der Waals surface area contributed by atoms with E-state index in [0.717, 1.165) is 0 Å². The monoisotopic (exact) mass is 271 g/mol. The van der Waals surface area contributed by atoms with Gasteiger partial charge in [0.15, 0.2) is 0 Å². The number of nitrogens with zero attached hydrogens (tertiary/aromatic N) is 2. The van der Waals surface area contributed by atoms with Crippen molar-refractivity contribution in [3.8, 4) is 11.9 Å². The maximum Gasteiger partial charge on any atom is 0.319 e. The van der Waals surface area contributed by atoms with E-state index in [2.05, 4.69) is 15.3 Å². The van der Waals surface area contributed by atoms with Gasteiger partial charge < -0.3 is 24.8 Å². The molecule has 0 aliphatic carbocycles. The SMILES string of the molecule is COc1ncc([C@@H]2N[C@H](CO)[C@@H](O)[C@H]2O)c(OC)n1. The molecule has 0 aromatic carbocycles. The molecule has 1 aromatic heterocycles. The van der Waals surface area contributed by atoms with Crippen molar-refractivity contribution in [1.29, 1.82) is 0 Å². The average Bonchev–Trinajstić information content (AvgIpc) is 2.74.